The van der Waals surface area contributed by atoms with E-state index in [-0.39, 0.29) is 22.9 Å². The van der Waals surface area contributed by atoms with Gasteiger partial charge < -0.3 is 24.4 Å². The van der Waals surface area contributed by atoms with Gasteiger partial charge in [0.15, 0.2) is 0 Å². The molecule has 3 heterocycles. The molecule has 2 fully saturated rings. The summed E-state index contributed by atoms with van der Waals surface area (Å²) in [4.78, 5) is 37.0. The molecule has 2 aromatic rings. The van der Waals surface area contributed by atoms with Gasteiger partial charge in [-0.15, -0.1) is 0 Å². The number of carbonyl (C=O) groups excluding carboxylic acids is 1. The van der Waals surface area contributed by atoms with Crippen LogP contribution in [0.4, 0.5) is 17.3 Å². The lowest BCUT2D eigenvalue weighted by molar-refractivity contribution is -0.383. The molecule has 4 rings (SSSR count). The highest BCUT2D eigenvalue weighted by atomic mass is 16.6. The quantitative estimate of drug-likeness (QED) is 0.445. The van der Waals surface area contributed by atoms with Gasteiger partial charge in [0.05, 0.1) is 31.4 Å². The number of benzene rings is 1. The monoisotopic (exact) mass is 472 g/mol. The van der Waals surface area contributed by atoms with Gasteiger partial charge >= 0.3 is 0 Å². The predicted octanol–water partition coefficient (Wildman–Crippen LogP) is 1.49. The number of aryl methyl sites for hydroxylation is 1. The van der Waals surface area contributed by atoms with E-state index in [0.717, 1.165) is 18.7 Å². The lowest BCUT2D eigenvalue weighted by atomic mass is 10.2. The molecule has 0 atom stereocenters. The van der Waals surface area contributed by atoms with E-state index in [1.54, 1.807) is 19.1 Å². The lowest BCUT2D eigenvalue weighted by Gasteiger charge is -2.27. The molecule has 0 saturated carbocycles. The number of anilines is 2. The fourth-order valence-electron chi connectivity index (χ4n) is 3.71. The number of aromatic nitrogens is 2. The number of nitro groups is 1. The number of hydrogen-bond donors (Lipinski definition) is 1. The second-order valence-corrected chi connectivity index (χ2v) is 8.03. The molecule has 0 spiro atoms. The molecule has 1 aromatic carbocycles. The van der Waals surface area contributed by atoms with E-state index in [4.69, 9.17) is 14.2 Å². The molecular formula is C22H28N6O6. The number of morpholine rings is 2. The van der Waals surface area contributed by atoms with Crippen LogP contribution in [0.25, 0.3) is 0 Å². The number of amides is 1. The molecule has 2 aliphatic heterocycles. The van der Waals surface area contributed by atoms with Gasteiger partial charge in [0, 0.05) is 44.9 Å². The Balaban J connectivity index is 1.53. The fraction of sp³-hybridized carbons (Fsp3) is 0.500. The Labute approximate surface area is 197 Å². The Hall–Kier alpha value is -3.35. The first-order chi connectivity index (χ1) is 16.5. The molecule has 1 amide bonds. The number of nitrogens with zero attached hydrogens (tertiary/aromatic N) is 5. The highest BCUT2D eigenvalue weighted by Crippen LogP contribution is 2.26. The van der Waals surface area contributed by atoms with Crippen LogP contribution in [-0.4, -0.2) is 91.5 Å². The third-order valence-corrected chi connectivity index (χ3v) is 5.58. The second kappa shape index (κ2) is 11.2. The summed E-state index contributed by atoms with van der Waals surface area (Å²) in [7, 11) is 0. The predicted molar refractivity (Wildman–Crippen MR) is 124 cm³/mol. The lowest BCUT2D eigenvalue weighted by Crippen LogP contribution is -2.39. The van der Waals surface area contributed by atoms with Gasteiger partial charge in [-0.3, -0.25) is 19.8 Å². The Morgan fingerprint density at radius 2 is 1.82 bits per heavy atom. The first-order valence-electron chi connectivity index (χ1n) is 11.2. The Morgan fingerprint density at radius 3 is 2.53 bits per heavy atom. The van der Waals surface area contributed by atoms with E-state index in [1.165, 1.54) is 12.1 Å². The van der Waals surface area contributed by atoms with Crippen molar-refractivity contribution < 1.29 is 23.9 Å². The summed E-state index contributed by atoms with van der Waals surface area (Å²) in [5.41, 5.74) is 0.762. The third-order valence-electron chi connectivity index (χ3n) is 5.58. The SMILES string of the molecule is Cc1ccc([N+](=O)[O-])c(NC(=O)c2cc(OCCN3CCOCC3)nc(N3CCOCC3)n2)c1. The number of nitro benzene ring substituents is 1. The Morgan fingerprint density at radius 1 is 1.12 bits per heavy atom. The van der Waals surface area contributed by atoms with Gasteiger partial charge in [-0.05, 0) is 18.6 Å². The minimum atomic E-state index is -0.580. The summed E-state index contributed by atoms with van der Waals surface area (Å²) >= 11 is 0. The maximum atomic E-state index is 13.1. The van der Waals surface area contributed by atoms with Crippen molar-refractivity contribution in [2.24, 2.45) is 0 Å². The van der Waals surface area contributed by atoms with Crippen molar-refractivity contribution in [3.8, 4) is 5.88 Å². The average molecular weight is 473 g/mol. The number of rotatable bonds is 8. The molecule has 2 saturated heterocycles. The van der Waals surface area contributed by atoms with E-state index in [1.807, 2.05) is 4.90 Å². The Bertz CT molecular complexity index is 1020. The van der Waals surface area contributed by atoms with Crippen molar-refractivity contribution in [3.63, 3.8) is 0 Å². The smallest absolute Gasteiger partial charge is 0.292 e. The number of nitrogens with one attached hydrogen (secondary N) is 1. The molecular weight excluding hydrogens is 444 g/mol. The summed E-state index contributed by atoms with van der Waals surface area (Å²) in [5.74, 6) is 0.0494. The van der Waals surface area contributed by atoms with Crippen LogP contribution < -0.4 is 15.0 Å². The molecule has 12 heteroatoms. The fourth-order valence-corrected chi connectivity index (χ4v) is 3.71. The van der Waals surface area contributed by atoms with Crippen molar-refractivity contribution in [3.05, 3.63) is 45.6 Å². The second-order valence-electron chi connectivity index (χ2n) is 8.03. The van der Waals surface area contributed by atoms with E-state index in [0.29, 0.717) is 58.6 Å². The summed E-state index contributed by atoms with van der Waals surface area (Å²) in [6, 6.07) is 6.00. The topological polar surface area (TPSA) is 132 Å². The highest BCUT2D eigenvalue weighted by molar-refractivity contribution is 6.04. The molecule has 0 radical (unpaired) electrons. The first-order valence-corrected chi connectivity index (χ1v) is 11.2. The van der Waals surface area contributed by atoms with Gasteiger partial charge in [-0.2, -0.15) is 4.98 Å². The van der Waals surface area contributed by atoms with Gasteiger partial charge in [0.1, 0.15) is 18.0 Å². The molecule has 12 nitrogen and oxygen atoms in total. The molecule has 2 aliphatic rings. The molecule has 1 aromatic heterocycles. The maximum Gasteiger partial charge on any atom is 0.292 e. The summed E-state index contributed by atoms with van der Waals surface area (Å²) < 4.78 is 16.6. The van der Waals surface area contributed by atoms with Crippen LogP contribution >= 0.6 is 0 Å². The molecule has 0 aliphatic carbocycles. The molecule has 182 valence electrons. The Kier molecular flexibility index (Phi) is 7.83. The van der Waals surface area contributed by atoms with Gasteiger partial charge in [0.2, 0.25) is 11.8 Å². The summed E-state index contributed by atoms with van der Waals surface area (Å²) in [5, 5.41) is 14.0. The van der Waals surface area contributed by atoms with Gasteiger partial charge in [-0.25, -0.2) is 4.98 Å². The van der Waals surface area contributed by atoms with E-state index < -0.39 is 10.8 Å². The van der Waals surface area contributed by atoms with Gasteiger partial charge in [0.25, 0.3) is 11.6 Å². The van der Waals surface area contributed by atoms with Crippen molar-refractivity contribution in [2.75, 3.05) is 76.0 Å². The largest absolute Gasteiger partial charge is 0.476 e. The van der Waals surface area contributed by atoms with Gasteiger partial charge in [-0.1, -0.05) is 6.07 Å². The zero-order chi connectivity index (χ0) is 23.9. The minimum Gasteiger partial charge on any atom is -0.476 e. The van der Waals surface area contributed by atoms with Crippen LogP contribution in [0.5, 0.6) is 5.88 Å². The highest BCUT2D eigenvalue weighted by Gasteiger charge is 2.22. The number of hydrogen-bond acceptors (Lipinski definition) is 10. The van der Waals surface area contributed by atoms with Crippen LogP contribution in [0.2, 0.25) is 0 Å². The van der Waals surface area contributed by atoms with E-state index in [2.05, 4.69) is 20.2 Å². The first kappa shape index (κ1) is 23.8. The van der Waals surface area contributed by atoms with E-state index in [9.17, 15) is 14.9 Å². The standard InChI is InChI=1S/C22H28N6O6/c1-16-2-3-19(28(30)31)17(14-16)23-21(29)18-15-20(34-13-6-26-4-9-32-10-5-26)25-22(24-18)27-7-11-33-12-8-27/h2-3,14-15H,4-13H2,1H3,(H,23,29). The normalized spacial score (nSPS) is 16.8. The molecule has 1 N–H and O–H groups in total. The molecule has 34 heavy (non-hydrogen) atoms. The third kappa shape index (κ3) is 6.16. The number of ether oxygens (including phenoxy) is 3. The van der Waals surface area contributed by atoms with Crippen LogP contribution in [0.15, 0.2) is 24.3 Å². The van der Waals surface area contributed by atoms with E-state index >= 15 is 0 Å². The zero-order valence-corrected chi connectivity index (χ0v) is 19.1. The summed E-state index contributed by atoms with van der Waals surface area (Å²) in [6.45, 7) is 8.20. The van der Waals surface area contributed by atoms with Crippen molar-refractivity contribution >= 4 is 23.2 Å². The maximum absolute atomic E-state index is 13.1. The van der Waals surface area contributed by atoms with Crippen molar-refractivity contribution in [1.82, 2.24) is 14.9 Å². The van der Waals surface area contributed by atoms with Crippen LogP contribution in [0, 0.1) is 17.0 Å². The van der Waals surface area contributed by atoms with Crippen LogP contribution in [0.1, 0.15) is 16.1 Å². The van der Waals surface area contributed by atoms with Crippen LogP contribution in [-0.2, 0) is 9.47 Å². The van der Waals surface area contributed by atoms with Crippen molar-refractivity contribution in [1.29, 1.82) is 0 Å². The van der Waals surface area contributed by atoms with Crippen molar-refractivity contribution in [2.45, 2.75) is 6.92 Å². The molecule has 0 unspecified atom stereocenters. The summed E-state index contributed by atoms with van der Waals surface area (Å²) in [6.07, 6.45) is 0. The average Bonchev–Trinajstić information content (AvgIpc) is 2.85. The minimum absolute atomic E-state index is 0.0636. The molecule has 0 bridgehead atoms. The zero-order valence-electron chi connectivity index (χ0n) is 19.1. The van der Waals surface area contributed by atoms with Crippen LogP contribution in [0.3, 0.4) is 0 Å². The number of carbonyl (C=O) groups is 1.